The standard InChI is InChI=1S/C15H21F3N4O3/c1-4-7-21-11-10(12(23)22(8-5-2)14(21)24)20(6-3)13(19-11)25-9-15(16,17)18/h4-9H2,1-3H3. The minimum absolute atomic E-state index is 0.0585. The highest BCUT2D eigenvalue weighted by atomic mass is 19.4. The minimum atomic E-state index is -4.53. The molecule has 0 bridgehead atoms. The number of fused-ring (bicyclic) bond motifs is 1. The maximum Gasteiger partial charge on any atom is 0.422 e. The van der Waals surface area contributed by atoms with Gasteiger partial charge in [0.05, 0.1) is 0 Å². The van der Waals surface area contributed by atoms with Crippen LogP contribution in [0, 0.1) is 0 Å². The van der Waals surface area contributed by atoms with Crippen LogP contribution < -0.4 is 16.0 Å². The summed E-state index contributed by atoms with van der Waals surface area (Å²) in [5.74, 6) is 0. The number of nitrogens with zero attached hydrogens (tertiary/aromatic N) is 4. The molecule has 0 fully saturated rings. The highest BCUT2D eigenvalue weighted by Crippen LogP contribution is 2.21. The quantitative estimate of drug-likeness (QED) is 0.757. The molecule has 10 heteroatoms. The summed E-state index contributed by atoms with van der Waals surface area (Å²) in [5.41, 5.74) is -0.931. The normalized spacial score (nSPS) is 12.1. The second kappa shape index (κ2) is 7.32. The van der Waals surface area contributed by atoms with Crippen molar-refractivity contribution in [3.05, 3.63) is 20.8 Å². The Labute approximate surface area is 141 Å². The van der Waals surface area contributed by atoms with Crippen LogP contribution in [0.2, 0.25) is 0 Å². The summed E-state index contributed by atoms with van der Waals surface area (Å²) >= 11 is 0. The first-order valence-electron chi connectivity index (χ1n) is 8.18. The SMILES string of the molecule is CCCn1c(=O)c2c(nc(OCC(F)(F)F)n2CC)n(CCC)c1=O. The van der Waals surface area contributed by atoms with Gasteiger partial charge in [0.1, 0.15) is 0 Å². The van der Waals surface area contributed by atoms with Gasteiger partial charge in [-0.3, -0.25) is 18.5 Å². The Balaban J connectivity index is 2.76. The summed E-state index contributed by atoms with van der Waals surface area (Å²) in [6.07, 6.45) is -3.34. The van der Waals surface area contributed by atoms with E-state index in [-0.39, 0.29) is 30.3 Å². The molecular formula is C15H21F3N4O3. The molecule has 0 unspecified atom stereocenters. The number of ether oxygens (including phenoxy) is 1. The average Bonchev–Trinajstić information content (AvgIpc) is 2.91. The van der Waals surface area contributed by atoms with E-state index in [9.17, 15) is 22.8 Å². The Bertz CT molecular complexity index is 864. The summed E-state index contributed by atoms with van der Waals surface area (Å²) in [6.45, 7) is 4.55. The van der Waals surface area contributed by atoms with Gasteiger partial charge in [-0.2, -0.15) is 18.2 Å². The van der Waals surface area contributed by atoms with Crippen LogP contribution >= 0.6 is 0 Å². The summed E-state index contributed by atoms with van der Waals surface area (Å²) in [4.78, 5) is 29.3. The largest absolute Gasteiger partial charge is 0.455 e. The van der Waals surface area contributed by atoms with Gasteiger partial charge in [0.2, 0.25) is 0 Å². The Morgan fingerprint density at radius 2 is 1.60 bits per heavy atom. The molecule has 0 spiro atoms. The van der Waals surface area contributed by atoms with Crippen molar-refractivity contribution in [3.63, 3.8) is 0 Å². The number of hydrogen-bond donors (Lipinski definition) is 0. The zero-order valence-corrected chi connectivity index (χ0v) is 14.4. The highest BCUT2D eigenvalue weighted by molar-refractivity contribution is 5.72. The lowest BCUT2D eigenvalue weighted by Gasteiger charge is -2.11. The van der Waals surface area contributed by atoms with E-state index in [1.807, 2.05) is 13.8 Å². The number of alkyl halides is 3. The molecule has 0 aliphatic heterocycles. The molecule has 25 heavy (non-hydrogen) atoms. The molecule has 0 aliphatic carbocycles. The average molecular weight is 362 g/mol. The molecule has 0 aromatic carbocycles. The Kier molecular flexibility index (Phi) is 5.58. The number of aryl methyl sites for hydroxylation is 2. The molecule has 7 nitrogen and oxygen atoms in total. The van der Waals surface area contributed by atoms with Gasteiger partial charge in [0, 0.05) is 19.6 Å². The van der Waals surface area contributed by atoms with E-state index < -0.39 is 24.0 Å². The number of halogens is 3. The second-order valence-electron chi connectivity index (χ2n) is 5.61. The van der Waals surface area contributed by atoms with Gasteiger partial charge in [-0.15, -0.1) is 0 Å². The van der Waals surface area contributed by atoms with Gasteiger partial charge in [0.25, 0.3) is 11.6 Å². The molecule has 2 aromatic rings. The molecule has 140 valence electrons. The van der Waals surface area contributed by atoms with Crippen molar-refractivity contribution in [1.29, 1.82) is 0 Å². The fourth-order valence-electron chi connectivity index (χ4n) is 2.67. The topological polar surface area (TPSA) is 71.1 Å². The zero-order chi connectivity index (χ0) is 18.8. The summed E-state index contributed by atoms with van der Waals surface area (Å²) in [6, 6.07) is -0.314. The van der Waals surface area contributed by atoms with Crippen molar-refractivity contribution in [2.75, 3.05) is 6.61 Å². The lowest BCUT2D eigenvalue weighted by atomic mass is 10.4. The summed E-state index contributed by atoms with van der Waals surface area (Å²) < 4.78 is 45.8. The fraction of sp³-hybridized carbons (Fsp3) is 0.667. The molecule has 2 rings (SSSR count). The molecule has 2 aromatic heterocycles. The Morgan fingerprint density at radius 1 is 1.00 bits per heavy atom. The van der Waals surface area contributed by atoms with Crippen LogP contribution in [0.5, 0.6) is 6.01 Å². The Hall–Kier alpha value is -2.26. The monoisotopic (exact) mass is 362 g/mol. The van der Waals surface area contributed by atoms with Crippen molar-refractivity contribution in [2.24, 2.45) is 0 Å². The third-order valence-corrected chi connectivity index (χ3v) is 3.65. The van der Waals surface area contributed by atoms with Crippen LogP contribution in [0.25, 0.3) is 11.2 Å². The van der Waals surface area contributed by atoms with Gasteiger partial charge < -0.3 is 4.74 Å². The van der Waals surface area contributed by atoms with Crippen LogP contribution in [0.3, 0.4) is 0 Å². The van der Waals surface area contributed by atoms with Crippen LogP contribution in [-0.2, 0) is 19.6 Å². The minimum Gasteiger partial charge on any atom is -0.455 e. The molecule has 0 saturated heterocycles. The number of imidazole rings is 1. The number of hydrogen-bond acceptors (Lipinski definition) is 4. The van der Waals surface area contributed by atoms with Gasteiger partial charge in [-0.1, -0.05) is 13.8 Å². The van der Waals surface area contributed by atoms with Gasteiger partial charge in [0.15, 0.2) is 17.8 Å². The van der Waals surface area contributed by atoms with Crippen molar-refractivity contribution in [1.82, 2.24) is 18.7 Å². The van der Waals surface area contributed by atoms with E-state index in [0.717, 1.165) is 4.57 Å². The number of rotatable bonds is 7. The van der Waals surface area contributed by atoms with Crippen molar-refractivity contribution >= 4 is 11.2 Å². The van der Waals surface area contributed by atoms with Crippen molar-refractivity contribution < 1.29 is 17.9 Å². The highest BCUT2D eigenvalue weighted by Gasteiger charge is 2.30. The van der Waals surface area contributed by atoms with E-state index in [0.29, 0.717) is 19.4 Å². The smallest absolute Gasteiger partial charge is 0.422 e. The molecule has 2 heterocycles. The van der Waals surface area contributed by atoms with Crippen LogP contribution in [0.15, 0.2) is 9.59 Å². The first kappa shape index (κ1) is 19.1. The predicted octanol–water partition coefficient (Wildman–Crippen LogP) is 2.14. The summed E-state index contributed by atoms with van der Waals surface area (Å²) in [5, 5.41) is 0. The van der Waals surface area contributed by atoms with E-state index in [1.165, 1.54) is 9.13 Å². The van der Waals surface area contributed by atoms with Crippen LogP contribution in [0.4, 0.5) is 13.2 Å². The van der Waals surface area contributed by atoms with Crippen LogP contribution in [-0.4, -0.2) is 31.5 Å². The van der Waals surface area contributed by atoms with Crippen molar-refractivity contribution in [2.45, 2.75) is 59.4 Å². The second-order valence-corrected chi connectivity index (χ2v) is 5.61. The number of aromatic nitrogens is 4. The lowest BCUT2D eigenvalue weighted by Crippen LogP contribution is -2.40. The molecule has 0 aliphatic rings. The maximum absolute atomic E-state index is 12.7. The third-order valence-electron chi connectivity index (χ3n) is 3.65. The Morgan fingerprint density at radius 3 is 2.12 bits per heavy atom. The molecular weight excluding hydrogens is 341 g/mol. The predicted molar refractivity (Wildman–Crippen MR) is 86.1 cm³/mol. The fourth-order valence-corrected chi connectivity index (χ4v) is 2.67. The third kappa shape index (κ3) is 3.72. The summed E-state index contributed by atoms with van der Waals surface area (Å²) in [7, 11) is 0. The molecule has 0 atom stereocenters. The van der Waals surface area contributed by atoms with Crippen molar-refractivity contribution in [3.8, 4) is 6.01 Å². The molecule has 0 radical (unpaired) electrons. The molecule has 0 amide bonds. The van der Waals surface area contributed by atoms with E-state index in [4.69, 9.17) is 4.74 Å². The van der Waals surface area contributed by atoms with Crippen LogP contribution in [0.1, 0.15) is 33.6 Å². The first-order valence-corrected chi connectivity index (χ1v) is 8.18. The van der Waals surface area contributed by atoms with E-state index in [2.05, 4.69) is 4.98 Å². The molecule has 0 N–H and O–H groups in total. The van der Waals surface area contributed by atoms with Gasteiger partial charge in [-0.05, 0) is 19.8 Å². The lowest BCUT2D eigenvalue weighted by molar-refractivity contribution is -0.155. The van der Waals surface area contributed by atoms with Gasteiger partial charge in [-0.25, -0.2) is 4.79 Å². The van der Waals surface area contributed by atoms with E-state index >= 15 is 0 Å². The molecule has 0 saturated carbocycles. The van der Waals surface area contributed by atoms with E-state index in [1.54, 1.807) is 6.92 Å². The van der Waals surface area contributed by atoms with Gasteiger partial charge >= 0.3 is 11.9 Å². The first-order chi connectivity index (χ1) is 11.7. The zero-order valence-electron chi connectivity index (χ0n) is 14.4. The maximum atomic E-state index is 12.7.